The van der Waals surface area contributed by atoms with Crippen LogP contribution in [0.3, 0.4) is 0 Å². The molecule has 88 valence electrons. The van der Waals surface area contributed by atoms with Gasteiger partial charge in [0.2, 0.25) is 0 Å². The number of H-pyrrole nitrogens is 1. The van der Waals surface area contributed by atoms with Gasteiger partial charge < -0.3 is 4.98 Å². The van der Waals surface area contributed by atoms with Crippen LogP contribution < -0.4 is 0 Å². The highest BCUT2D eigenvalue weighted by Gasteiger charge is 2.11. The second kappa shape index (κ2) is 5.00. The fourth-order valence-corrected chi connectivity index (χ4v) is 2.19. The molecule has 0 unspecified atom stereocenters. The molecule has 0 spiro atoms. The van der Waals surface area contributed by atoms with Crippen molar-refractivity contribution in [3.05, 3.63) is 58.9 Å². The van der Waals surface area contributed by atoms with Crippen molar-refractivity contribution in [2.75, 3.05) is 0 Å². The maximum Gasteiger partial charge on any atom is 0.161 e. The molecule has 2 nitrogen and oxygen atoms in total. The molecule has 2 heteroatoms. The molecule has 0 aliphatic heterocycles. The van der Waals surface area contributed by atoms with Gasteiger partial charge in [0.05, 0.1) is 0 Å². The van der Waals surface area contributed by atoms with Gasteiger partial charge in [0.15, 0.2) is 5.78 Å². The summed E-state index contributed by atoms with van der Waals surface area (Å²) in [7, 11) is 0. The van der Waals surface area contributed by atoms with E-state index in [4.69, 9.17) is 0 Å². The number of benzene rings is 1. The predicted molar refractivity (Wildman–Crippen MR) is 69.4 cm³/mol. The second-order valence-electron chi connectivity index (χ2n) is 4.36. The number of carbonyl (C=O) groups is 1. The van der Waals surface area contributed by atoms with Crippen LogP contribution in [0.4, 0.5) is 0 Å². The average Bonchev–Trinajstić information content (AvgIpc) is 2.69. The fraction of sp³-hybridized carbons (Fsp3) is 0.267. The molecule has 2 rings (SSSR count). The molecule has 0 aliphatic rings. The van der Waals surface area contributed by atoms with Gasteiger partial charge in [0, 0.05) is 17.5 Å². The molecule has 1 heterocycles. The van der Waals surface area contributed by atoms with Crippen molar-refractivity contribution in [1.29, 1.82) is 0 Å². The van der Waals surface area contributed by atoms with Gasteiger partial charge in [0.25, 0.3) is 0 Å². The van der Waals surface area contributed by atoms with Crippen molar-refractivity contribution in [2.45, 2.75) is 26.7 Å². The molecule has 1 aromatic carbocycles. The maximum atomic E-state index is 11.5. The Labute approximate surface area is 102 Å². The van der Waals surface area contributed by atoms with Gasteiger partial charge in [-0.25, -0.2) is 0 Å². The number of hydrogen-bond acceptors (Lipinski definition) is 1. The van der Waals surface area contributed by atoms with Crippen molar-refractivity contribution in [3.63, 3.8) is 0 Å². The van der Waals surface area contributed by atoms with Crippen molar-refractivity contribution < 1.29 is 4.79 Å². The van der Waals surface area contributed by atoms with E-state index < -0.39 is 0 Å². The molecular weight excluding hydrogens is 210 g/mol. The molecule has 0 radical (unpaired) electrons. The van der Waals surface area contributed by atoms with E-state index in [0.29, 0.717) is 0 Å². The Balaban J connectivity index is 2.12. The van der Waals surface area contributed by atoms with E-state index in [1.54, 1.807) is 6.92 Å². The maximum absolute atomic E-state index is 11.5. The second-order valence-corrected chi connectivity index (χ2v) is 4.36. The van der Waals surface area contributed by atoms with Crippen LogP contribution in [0.2, 0.25) is 0 Å². The van der Waals surface area contributed by atoms with Gasteiger partial charge in [-0.1, -0.05) is 30.3 Å². The van der Waals surface area contributed by atoms with Crippen LogP contribution in [0.25, 0.3) is 0 Å². The quantitative estimate of drug-likeness (QED) is 0.799. The number of aryl methyl sites for hydroxylation is 3. The summed E-state index contributed by atoms with van der Waals surface area (Å²) in [6, 6.07) is 10.3. The Kier molecular flexibility index (Phi) is 3.43. The minimum Gasteiger partial charge on any atom is -0.364 e. The van der Waals surface area contributed by atoms with Gasteiger partial charge in [-0.3, -0.25) is 4.79 Å². The highest BCUT2D eigenvalue weighted by atomic mass is 16.1. The molecule has 0 atom stereocenters. The molecule has 0 saturated heterocycles. The number of Topliss-reactive ketones (excluding diaryl/α,β-unsaturated/α-hetero) is 1. The Morgan fingerprint density at radius 2 is 1.88 bits per heavy atom. The van der Waals surface area contributed by atoms with Crippen molar-refractivity contribution in [2.24, 2.45) is 0 Å². The van der Waals surface area contributed by atoms with Gasteiger partial charge >= 0.3 is 0 Å². The summed E-state index contributed by atoms with van der Waals surface area (Å²) < 4.78 is 0. The lowest BCUT2D eigenvalue weighted by Gasteiger charge is -2.02. The smallest absolute Gasteiger partial charge is 0.161 e. The van der Waals surface area contributed by atoms with Crippen LogP contribution in [-0.4, -0.2) is 10.8 Å². The lowest BCUT2D eigenvalue weighted by molar-refractivity contribution is 0.101. The van der Waals surface area contributed by atoms with Crippen LogP contribution in [0, 0.1) is 6.92 Å². The monoisotopic (exact) mass is 227 g/mol. The molecule has 2 aromatic rings. The topological polar surface area (TPSA) is 32.9 Å². The predicted octanol–water partition coefficient (Wildman–Crippen LogP) is 3.31. The summed E-state index contributed by atoms with van der Waals surface area (Å²) in [5.41, 5.74) is 4.27. The van der Waals surface area contributed by atoms with Gasteiger partial charge in [-0.15, -0.1) is 0 Å². The molecule has 0 aliphatic carbocycles. The number of nitrogens with one attached hydrogen (secondary N) is 1. The molecule has 0 amide bonds. The molecular formula is C15H17NO. The summed E-state index contributed by atoms with van der Waals surface area (Å²) >= 11 is 0. The zero-order valence-electron chi connectivity index (χ0n) is 10.3. The number of hydrogen-bond donors (Lipinski definition) is 1. The van der Waals surface area contributed by atoms with Gasteiger partial charge in [-0.2, -0.15) is 0 Å². The summed E-state index contributed by atoms with van der Waals surface area (Å²) in [4.78, 5) is 14.7. The first kappa shape index (κ1) is 11.6. The first-order chi connectivity index (χ1) is 8.18. The van der Waals surface area contributed by atoms with Crippen LogP contribution >= 0.6 is 0 Å². The number of aromatic amines is 1. The Morgan fingerprint density at radius 1 is 1.18 bits per heavy atom. The third-order valence-corrected chi connectivity index (χ3v) is 3.04. The van der Waals surface area contributed by atoms with Crippen molar-refractivity contribution in [3.8, 4) is 0 Å². The van der Waals surface area contributed by atoms with Crippen LogP contribution in [-0.2, 0) is 12.8 Å². The van der Waals surface area contributed by atoms with Crippen LogP contribution in [0.5, 0.6) is 0 Å². The normalized spacial score (nSPS) is 10.5. The van der Waals surface area contributed by atoms with E-state index in [-0.39, 0.29) is 5.78 Å². The third-order valence-electron chi connectivity index (χ3n) is 3.04. The Bertz CT molecular complexity index is 511. The fourth-order valence-electron chi connectivity index (χ4n) is 2.19. The van der Waals surface area contributed by atoms with E-state index in [1.807, 2.05) is 31.3 Å². The Morgan fingerprint density at radius 3 is 2.53 bits per heavy atom. The number of carbonyl (C=O) groups excluding carboxylic acids is 1. The van der Waals surface area contributed by atoms with E-state index in [1.165, 1.54) is 5.56 Å². The van der Waals surface area contributed by atoms with E-state index in [9.17, 15) is 4.79 Å². The third kappa shape index (κ3) is 2.64. The number of ketones is 1. The molecule has 0 fully saturated rings. The van der Waals surface area contributed by atoms with Gasteiger partial charge in [-0.05, 0) is 37.8 Å². The van der Waals surface area contributed by atoms with E-state index in [2.05, 4.69) is 17.1 Å². The minimum absolute atomic E-state index is 0.145. The summed E-state index contributed by atoms with van der Waals surface area (Å²) in [6.07, 6.45) is 3.83. The number of rotatable bonds is 4. The lowest BCUT2D eigenvalue weighted by atomic mass is 10.0. The lowest BCUT2D eigenvalue weighted by Crippen LogP contribution is -1.99. The highest BCUT2D eigenvalue weighted by Crippen LogP contribution is 2.16. The molecule has 1 aromatic heterocycles. The van der Waals surface area contributed by atoms with Crippen LogP contribution in [0.15, 0.2) is 36.5 Å². The van der Waals surface area contributed by atoms with Crippen molar-refractivity contribution >= 4 is 5.78 Å². The molecule has 17 heavy (non-hydrogen) atoms. The first-order valence-corrected chi connectivity index (χ1v) is 5.90. The summed E-state index contributed by atoms with van der Waals surface area (Å²) in [5, 5.41) is 0. The highest BCUT2D eigenvalue weighted by molar-refractivity contribution is 5.96. The summed E-state index contributed by atoms with van der Waals surface area (Å²) in [5.74, 6) is 0.145. The van der Waals surface area contributed by atoms with E-state index >= 15 is 0 Å². The zero-order valence-corrected chi connectivity index (χ0v) is 10.3. The van der Waals surface area contributed by atoms with Gasteiger partial charge in [0.1, 0.15) is 0 Å². The van der Waals surface area contributed by atoms with Crippen molar-refractivity contribution in [1.82, 2.24) is 4.98 Å². The average molecular weight is 227 g/mol. The Hall–Kier alpha value is -1.83. The molecule has 0 saturated carbocycles. The van der Waals surface area contributed by atoms with Crippen LogP contribution in [0.1, 0.15) is 34.1 Å². The van der Waals surface area contributed by atoms with E-state index in [0.717, 1.165) is 29.7 Å². The molecule has 1 N–H and O–H groups in total. The summed E-state index contributed by atoms with van der Waals surface area (Å²) in [6.45, 7) is 3.57. The number of aromatic nitrogens is 1. The standard InChI is InChI=1S/C15H17NO/c1-11-15(12(2)17)14(10-16-11)9-8-13-6-4-3-5-7-13/h3-7,10,16H,8-9H2,1-2H3. The largest absolute Gasteiger partial charge is 0.364 e. The minimum atomic E-state index is 0.145. The zero-order chi connectivity index (χ0) is 12.3. The first-order valence-electron chi connectivity index (χ1n) is 5.90. The SMILES string of the molecule is CC(=O)c1c(CCc2ccccc2)c[nH]c1C. The molecule has 0 bridgehead atoms.